The second kappa shape index (κ2) is 6.14. The van der Waals surface area contributed by atoms with Gasteiger partial charge in [-0.15, -0.1) is 0 Å². The first-order valence-corrected chi connectivity index (χ1v) is 10.7. The number of anilines is 1. The van der Waals surface area contributed by atoms with Crippen molar-refractivity contribution in [3.05, 3.63) is 77.6 Å². The summed E-state index contributed by atoms with van der Waals surface area (Å²) >= 11 is 0. The molecule has 1 atom stereocenters. The van der Waals surface area contributed by atoms with Gasteiger partial charge in [-0.05, 0) is 30.0 Å². The summed E-state index contributed by atoms with van der Waals surface area (Å²) < 4.78 is 7.52. The fourth-order valence-corrected chi connectivity index (χ4v) is 4.88. The third-order valence-electron chi connectivity index (χ3n) is 6.59. The van der Waals surface area contributed by atoms with Crippen LogP contribution < -0.4 is 4.90 Å². The van der Waals surface area contributed by atoms with Crippen LogP contribution in [0.5, 0.6) is 0 Å². The summed E-state index contributed by atoms with van der Waals surface area (Å²) in [6.07, 6.45) is 4.47. The van der Waals surface area contributed by atoms with Crippen molar-refractivity contribution in [1.29, 1.82) is 0 Å². The van der Waals surface area contributed by atoms with Crippen LogP contribution in [0, 0.1) is 0 Å². The number of hydrogen-bond acceptors (Lipinski definition) is 5. The molecule has 1 unspecified atom stereocenters. The molecule has 0 saturated heterocycles. The predicted molar refractivity (Wildman–Crippen MR) is 113 cm³/mol. The first-order valence-electron chi connectivity index (χ1n) is 10.7. The van der Waals surface area contributed by atoms with E-state index in [1.165, 1.54) is 11.1 Å². The summed E-state index contributed by atoms with van der Waals surface area (Å²) in [6.45, 7) is 0.451. The van der Waals surface area contributed by atoms with E-state index in [4.69, 9.17) is 4.52 Å². The zero-order valence-corrected chi connectivity index (χ0v) is 16.7. The number of carbonyl (C=O) groups is 1. The van der Waals surface area contributed by atoms with Gasteiger partial charge in [-0.2, -0.15) is 4.98 Å². The van der Waals surface area contributed by atoms with E-state index in [9.17, 15) is 4.79 Å². The zero-order valence-electron chi connectivity index (χ0n) is 16.7. The minimum Gasteiger partial charge on any atom is -0.339 e. The Hall–Kier alpha value is -3.74. The third-order valence-corrected chi connectivity index (χ3v) is 6.59. The van der Waals surface area contributed by atoms with Gasteiger partial charge in [-0.1, -0.05) is 47.6 Å². The molecule has 7 nitrogen and oxygen atoms in total. The molecule has 4 aromatic rings. The second-order valence-electron chi connectivity index (χ2n) is 8.50. The van der Waals surface area contributed by atoms with Crippen LogP contribution >= 0.6 is 0 Å². The highest BCUT2D eigenvalue weighted by molar-refractivity contribution is 6.01. The number of benzene rings is 2. The smallest absolute Gasteiger partial charge is 0.230 e. The molecule has 2 aromatic carbocycles. The molecule has 1 amide bonds. The van der Waals surface area contributed by atoms with Crippen molar-refractivity contribution in [2.45, 2.75) is 37.6 Å². The fraction of sp³-hybridized carbons (Fsp3) is 0.250. The molecule has 152 valence electrons. The largest absolute Gasteiger partial charge is 0.339 e. The first-order chi connectivity index (χ1) is 15.3. The van der Waals surface area contributed by atoms with Crippen molar-refractivity contribution < 1.29 is 9.32 Å². The Morgan fingerprint density at radius 2 is 1.90 bits per heavy atom. The number of imidazole rings is 1. The van der Waals surface area contributed by atoms with Gasteiger partial charge in [0.2, 0.25) is 17.6 Å². The molecule has 7 rings (SSSR count). The molecule has 31 heavy (non-hydrogen) atoms. The maximum absolute atomic E-state index is 13.3. The Balaban J connectivity index is 1.38. The van der Waals surface area contributed by atoms with E-state index in [0.717, 1.165) is 29.9 Å². The van der Waals surface area contributed by atoms with Gasteiger partial charge in [-0.3, -0.25) is 9.36 Å². The molecule has 3 aliphatic rings. The summed E-state index contributed by atoms with van der Waals surface area (Å²) in [6, 6.07) is 16.5. The minimum atomic E-state index is 0.0581. The van der Waals surface area contributed by atoms with E-state index < -0.39 is 0 Å². The van der Waals surface area contributed by atoms with Crippen molar-refractivity contribution in [2.24, 2.45) is 0 Å². The number of aromatic nitrogens is 4. The molecule has 4 heterocycles. The summed E-state index contributed by atoms with van der Waals surface area (Å²) in [4.78, 5) is 24.4. The van der Waals surface area contributed by atoms with Gasteiger partial charge in [0, 0.05) is 18.3 Å². The Bertz CT molecular complexity index is 1340. The topological polar surface area (TPSA) is 77.1 Å². The third kappa shape index (κ3) is 2.46. The number of hydrogen-bond donors (Lipinski definition) is 0. The van der Waals surface area contributed by atoms with Gasteiger partial charge < -0.3 is 9.42 Å². The zero-order chi connectivity index (χ0) is 20.5. The van der Waals surface area contributed by atoms with Gasteiger partial charge in [0.25, 0.3) is 0 Å². The highest BCUT2D eigenvalue weighted by Crippen LogP contribution is 2.47. The van der Waals surface area contributed by atoms with Crippen LogP contribution in [0.3, 0.4) is 0 Å². The Morgan fingerprint density at radius 3 is 2.74 bits per heavy atom. The quantitative estimate of drug-likeness (QED) is 0.507. The Labute approximate surface area is 178 Å². The standard InChI is InChI=1S/C24H19N5O2/c30-20-11-17(14-5-2-1-3-6-14)16-7-4-8-18-22(16)28(20)12-19-21(25-13-29(18)19)23-26-24(31-27-23)15-9-10-15/h1-8,13,15,17H,9-12H2. The normalized spacial score (nSPS) is 19.3. The van der Waals surface area contributed by atoms with E-state index in [1.807, 2.05) is 29.2 Å². The van der Waals surface area contributed by atoms with Crippen molar-refractivity contribution in [2.75, 3.05) is 4.90 Å². The molecule has 2 aliphatic heterocycles. The minimum absolute atomic E-state index is 0.0581. The summed E-state index contributed by atoms with van der Waals surface area (Å²) in [7, 11) is 0. The van der Waals surface area contributed by atoms with Gasteiger partial charge in [0.05, 0.1) is 23.6 Å². The van der Waals surface area contributed by atoms with Gasteiger partial charge in [0.15, 0.2) is 0 Å². The predicted octanol–water partition coefficient (Wildman–Crippen LogP) is 4.18. The lowest BCUT2D eigenvalue weighted by atomic mass is 9.83. The van der Waals surface area contributed by atoms with Crippen LogP contribution in [-0.4, -0.2) is 25.6 Å². The molecule has 1 aliphatic carbocycles. The number of rotatable bonds is 3. The average Bonchev–Trinajstić information content (AvgIpc) is 3.38. The van der Waals surface area contributed by atoms with Gasteiger partial charge in [0.1, 0.15) is 12.0 Å². The van der Waals surface area contributed by atoms with Gasteiger partial charge in [-0.25, -0.2) is 4.98 Å². The van der Waals surface area contributed by atoms with E-state index >= 15 is 0 Å². The molecule has 2 aromatic heterocycles. The molecule has 7 heteroatoms. The SMILES string of the molecule is O=C1CC(c2ccccc2)c2cccc3c2N1Cc1c(-c2noc(C4CC4)n2)ncn1-3. The molecule has 0 radical (unpaired) electrons. The maximum atomic E-state index is 13.3. The molecular weight excluding hydrogens is 390 g/mol. The molecule has 0 bridgehead atoms. The molecule has 1 fully saturated rings. The lowest BCUT2D eigenvalue weighted by Gasteiger charge is -2.39. The average molecular weight is 409 g/mol. The summed E-state index contributed by atoms with van der Waals surface area (Å²) in [5, 5.41) is 4.17. The number of para-hydroxylation sites is 1. The van der Waals surface area contributed by atoms with Gasteiger partial charge >= 0.3 is 0 Å². The highest BCUT2D eigenvalue weighted by atomic mass is 16.5. The van der Waals surface area contributed by atoms with E-state index in [1.54, 1.807) is 6.33 Å². The molecular formula is C24H19N5O2. The summed E-state index contributed by atoms with van der Waals surface area (Å²) in [5.41, 5.74) is 5.90. The monoisotopic (exact) mass is 409 g/mol. The number of fused-ring (bicyclic) bond motifs is 2. The van der Waals surface area contributed by atoms with Crippen molar-refractivity contribution in [3.63, 3.8) is 0 Å². The Morgan fingerprint density at radius 1 is 1.03 bits per heavy atom. The van der Waals surface area contributed by atoms with Crippen molar-refractivity contribution >= 4 is 11.6 Å². The van der Waals surface area contributed by atoms with E-state index in [-0.39, 0.29) is 11.8 Å². The Kier molecular flexibility index (Phi) is 3.36. The number of amides is 1. The van der Waals surface area contributed by atoms with Crippen molar-refractivity contribution in [3.8, 4) is 17.2 Å². The first kappa shape index (κ1) is 17.0. The van der Waals surface area contributed by atoms with E-state index in [0.29, 0.717) is 36.3 Å². The molecule has 0 N–H and O–H groups in total. The summed E-state index contributed by atoms with van der Waals surface area (Å²) in [5.74, 6) is 1.76. The lowest BCUT2D eigenvalue weighted by molar-refractivity contribution is -0.119. The van der Waals surface area contributed by atoms with Crippen LogP contribution in [0.4, 0.5) is 5.69 Å². The van der Waals surface area contributed by atoms with Crippen molar-refractivity contribution in [1.82, 2.24) is 19.7 Å². The highest BCUT2D eigenvalue weighted by Gasteiger charge is 2.39. The maximum Gasteiger partial charge on any atom is 0.230 e. The number of nitrogens with zero attached hydrogens (tertiary/aromatic N) is 5. The van der Waals surface area contributed by atoms with E-state index in [2.05, 4.69) is 44.0 Å². The lowest BCUT2D eigenvalue weighted by Crippen LogP contribution is -2.40. The second-order valence-corrected chi connectivity index (χ2v) is 8.50. The van der Waals surface area contributed by atoms with Crippen LogP contribution in [0.15, 0.2) is 59.4 Å². The van der Waals surface area contributed by atoms with Crippen LogP contribution in [0.2, 0.25) is 0 Å². The van der Waals surface area contributed by atoms with Crippen LogP contribution in [-0.2, 0) is 11.3 Å². The fourth-order valence-electron chi connectivity index (χ4n) is 4.88. The van der Waals surface area contributed by atoms with Crippen LogP contribution in [0.1, 0.15) is 53.8 Å². The number of carbonyl (C=O) groups excluding carboxylic acids is 1. The molecule has 1 saturated carbocycles. The molecule has 0 spiro atoms. The van der Waals surface area contributed by atoms with Crippen LogP contribution in [0.25, 0.3) is 17.2 Å².